The maximum atomic E-state index is 13.0. The number of nitrogens with zero attached hydrogens (tertiary/aromatic N) is 2. The Balaban J connectivity index is 1.69. The molecule has 1 fully saturated rings. The monoisotopic (exact) mass is 293 g/mol. The molecule has 3 rings (SSSR count). The molecule has 0 amide bonds. The molecule has 0 saturated heterocycles. The van der Waals surface area contributed by atoms with E-state index in [1.165, 1.54) is 37.8 Å². The van der Waals surface area contributed by atoms with Gasteiger partial charge in [-0.1, -0.05) is 18.0 Å². The van der Waals surface area contributed by atoms with Crippen LogP contribution in [0, 0.1) is 5.82 Å². The van der Waals surface area contributed by atoms with Gasteiger partial charge in [0.25, 0.3) is 5.89 Å². The molecule has 0 atom stereocenters. The Hall–Kier alpha value is -1.56. The molecule has 0 spiro atoms. The highest BCUT2D eigenvalue weighted by Gasteiger charge is 2.17. The fourth-order valence-electron chi connectivity index (χ4n) is 2.40. The van der Waals surface area contributed by atoms with Gasteiger partial charge in [-0.2, -0.15) is 16.7 Å². The van der Waals surface area contributed by atoms with E-state index in [0.717, 1.165) is 5.75 Å². The zero-order chi connectivity index (χ0) is 13.9. The predicted molar refractivity (Wildman–Crippen MR) is 77.7 cm³/mol. The minimum absolute atomic E-state index is 0.309. The predicted octanol–water partition coefficient (Wildman–Crippen LogP) is 3.63. The molecule has 0 radical (unpaired) electrons. The lowest BCUT2D eigenvalue weighted by Gasteiger charge is -2.04. The topological polar surface area (TPSA) is 64.9 Å². The summed E-state index contributed by atoms with van der Waals surface area (Å²) in [7, 11) is 0. The molecule has 1 aliphatic rings. The van der Waals surface area contributed by atoms with E-state index in [2.05, 4.69) is 10.1 Å². The summed E-state index contributed by atoms with van der Waals surface area (Å²) in [6.45, 7) is 0. The highest BCUT2D eigenvalue weighted by molar-refractivity contribution is 7.99. The number of hydrogen-bond donors (Lipinski definition) is 1. The summed E-state index contributed by atoms with van der Waals surface area (Å²) in [6, 6.07) is 4.15. The first kappa shape index (κ1) is 13.4. The Bertz CT molecular complexity index is 596. The van der Waals surface area contributed by atoms with E-state index in [0.29, 0.717) is 28.2 Å². The van der Waals surface area contributed by atoms with Gasteiger partial charge in [-0.05, 0) is 31.0 Å². The van der Waals surface area contributed by atoms with Gasteiger partial charge in [-0.25, -0.2) is 4.39 Å². The molecule has 0 aliphatic heterocycles. The molecule has 2 aromatic rings. The first-order chi connectivity index (χ1) is 9.72. The minimum Gasteiger partial charge on any atom is -0.398 e. The number of halogens is 1. The summed E-state index contributed by atoms with van der Waals surface area (Å²) < 4.78 is 18.2. The van der Waals surface area contributed by atoms with Crippen LogP contribution in [0.4, 0.5) is 10.1 Å². The second-order valence-corrected chi connectivity index (χ2v) is 6.25. The van der Waals surface area contributed by atoms with Crippen molar-refractivity contribution in [3.8, 4) is 11.5 Å². The lowest BCUT2D eigenvalue weighted by molar-refractivity contribution is 0.425. The number of thioether (sulfide) groups is 1. The zero-order valence-corrected chi connectivity index (χ0v) is 11.8. The van der Waals surface area contributed by atoms with Crippen molar-refractivity contribution in [2.24, 2.45) is 0 Å². The number of aromatic nitrogens is 2. The Morgan fingerprint density at radius 3 is 2.90 bits per heavy atom. The molecule has 1 aromatic carbocycles. The first-order valence-electron chi connectivity index (χ1n) is 6.72. The van der Waals surface area contributed by atoms with Gasteiger partial charge in [-0.3, -0.25) is 0 Å². The van der Waals surface area contributed by atoms with Crippen LogP contribution in [0.5, 0.6) is 0 Å². The van der Waals surface area contributed by atoms with E-state index in [9.17, 15) is 4.39 Å². The third kappa shape index (κ3) is 2.95. The van der Waals surface area contributed by atoms with Gasteiger partial charge < -0.3 is 10.3 Å². The number of benzene rings is 1. The normalized spacial score (nSPS) is 15.8. The average Bonchev–Trinajstić information content (AvgIpc) is 3.07. The fraction of sp³-hybridized carbons (Fsp3) is 0.429. The molecular formula is C14H16FN3OS. The molecule has 0 unspecified atom stereocenters. The van der Waals surface area contributed by atoms with E-state index in [1.807, 2.05) is 11.8 Å². The van der Waals surface area contributed by atoms with E-state index >= 15 is 0 Å². The van der Waals surface area contributed by atoms with Gasteiger partial charge in [0, 0.05) is 10.9 Å². The van der Waals surface area contributed by atoms with Crippen LogP contribution in [0.25, 0.3) is 11.5 Å². The van der Waals surface area contributed by atoms with Crippen LogP contribution >= 0.6 is 11.8 Å². The molecule has 0 bridgehead atoms. The number of rotatable bonds is 4. The molecule has 1 saturated carbocycles. The average molecular weight is 293 g/mol. The minimum atomic E-state index is -0.372. The van der Waals surface area contributed by atoms with Crippen molar-refractivity contribution in [2.45, 2.75) is 36.7 Å². The number of nitrogens with two attached hydrogens (primary N) is 1. The van der Waals surface area contributed by atoms with Crippen molar-refractivity contribution >= 4 is 17.4 Å². The second kappa shape index (κ2) is 5.83. The van der Waals surface area contributed by atoms with Gasteiger partial charge >= 0.3 is 0 Å². The van der Waals surface area contributed by atoms with Gasteiger partial charge in [0.05, 0.1) is 11.3 Å². The Morgan fingerprint density at radius 1 is 1.35 bits per heavy atom. The quantitative estimate of drug-likeness (QED) is 0.872. The Kier molecular flexibility index (Phi) is 3.91. The molecule has 2 N–H and O–H groups in total. The number of nitrogen functional groups attached to an aromatic ring is 1. The van der Waals surface area contributed by atoms with Crippen LogP contribution in [0.2, 0.25) is 0 Å². The molecule has 1 aliphatic carbocycles. The summed E-state index contributed by atoms with van der Waals surface area (Å²) >= 11 is 1.88. The van der Waals surface area contributed by atoms with Gasteiger partial charge in [-0.15, -0.1) is 0 Å². The summed E-state index contributed by atoms with van der Waals surface area (Å²) in [4.78, 5) is 4.33. The molecule has 106 valence electrons. The van der Waals surface area contributed by atoms with Crippen molar-refractivity contribution < 1.29 is 8.91 Å². The van der Waals surface area contributed by atoms with Crippen molar-refractivity contribution in [3.63, 3.8) is 0 Å². The zero-order valence-electron chi connectivity index (χ0n) is 11.0. The standard InChI is InChI=1S/C14H16FN3OS/c15-9-5-6-11(12(16)7-9)14-17-13(18-19-14)8-20-10-3-1-2-4-10/h5-7,10H,1-4,8,16H2. The van der Waals surface area contributed by atoms with Gasteiger partial charge in [0.1, 0.15) is 5.82 Å². The molecule has 4 nitrogen and oxygen atoms in total. The SMILES string of the molecule is Nc1cc(F)ccc1-c1nc(CSC2CCCC2)no1. The van der Waals surface area contributed by atoms with Crippen LogP contribution in [0.3, 0.4) is 0 Å². The van der Waals surface area contributed by atoms with Crippen molar-refractivity contribution in [1.82, 2.24) is 10.1 Å². The molecule has 20 heavy (non-hydrogen) atoms. The van der Waals surface area contributed by atoms with Crippen LogP contribution in [-0.4, -0.2) is 15.4 Å². The van der Waals surface area contributed by atoms with Crippen molar-refractivity contribution in [2.75, 3.05) is 5.73 Å². The third-order valence-electron chi connectivity index (χ3n) is 3.46. The Morgan fingerprint density at radius 2 is 2.15 bits per heavy atom. The van der Waals surface area contributed by atoms with Crippen LogP contribution < -0.4 is 5.73 Å². The van der Waals surface area contributed by atoms with Crippen molar-refractivity contribution in [3.05, 3.63) is 29.8 Å². The van der Waals surface area contributed by atoms with Crippen molar-refractivity contribution in [1.29, 1.82) is 0 Å². The largest absolute Gasteiger partial charge is 0.398 e. The summed E-state index contributed by atoms with van der Waals surface area (Å²) in [5.41, 5.74) is 6.65. The maximum absolute atomic E-state index is 13.0. The number of anilines is 1. The summed E-state index contributed by atoms with van der Waals surface area (Å²) in [5, 5.41) is 4.68. The lowest BCUT2D eigenvalue weighted by atomic mass is 10.2. The van der Waals surface area contributed by atoms with Crippen LogP contribution in [-0.2, 0) is 5.75 Å². The molecule has 1 heterocycles. The maximum Gasteiger partial charge on any atom is 0.260 e. The summed E-state index contributed by atoms with van der Waals surface area (Å²) in [5.74, 6) is 1.39. The van der Waals surface area contributed by atoms with Gasteiger partial charge in [0.15, 0.2) is 5.82 Å². The van der Waals surface area contributed by atoms with Crippen LogP contribution in [0.1, 0.15) is 31.5 Å². The highest BCUT2D eigenvalue weighted by Crippen LogP contribution is 2.32. The molecule has 6 heteroatoms. The second-order valence-electron chi connectivity index (χ2n) is 4.96. The van der Waals surface area contributed by atoms with E-state index in [4.69, 9.17) is 10.3 Å². The summed E-state index contributed by atoms with van der Waals surface area (Å²) in [6.07, 6.45) is 5.20. The number of hydrogen-bond acceptors (Lipinski definition) is 5. The third-order valence-corrected chi connectivity index (χ3v) is 4.83. The first-order valence-corrected chi connectivity index (χ1v) is 7.77. The molecule has 1 aromatic heterocycles. The van der Waals surface area contributed by atoms with Gasteiger partial charge in [0.2, 0.25) is 0 Å². The fourth-order valence-corrected chi connectivity index (χ4v) is 3.57. The smallest absolute Gasteiger partial charge is 0.260 e. The Labute approximate surface area is 120 Å². The van der Waals surface area contributed by atoms with E-state index in [-0.39, 0.29) is 5.82 Å². The lowest BCUT2D eigenvalue weighted by Crippen LogP contribution is -1.96. The van der Waals surface area contributed by atoms with E-state index < -0.39 is 0 Å². The highest BCUT2D eigenvalue weighted by atomic mass is 32.2. The van der Waals surface area contributed by atoms with Crippen LogP contribution in [0.15, 0.2) is 22.7 Å². The van der Waals surface area contributed by atoms with E-state index in [1.54, 1.807) is 6.07 Å². The molecular weight excluding hydrogens is 277 g/mol.